The smallest absolute Gasteiger partial charge is 0.290 e. The van der Waals surface area contributed by atoms with Gasteiger partial charge in [0, 0.05) is 18.2 Å². The molecule has 0 aliphatic carbocycles. The van der Waals surface area contributed by atoms with E-state index in [-0.39, 0.29) is 17.7 Å². The molecule has 1 amide bonds. The number of nitrogens with two attached hydrogens (primary N) is 1. The summed E-state index contributed by atoms with van der Waals surface area (Å²) in [5.74, 6) is 0.297. The van der Waals surface area contributed by atoms with Gasteiger partial charge in [-0.05, 0) is 12.8 Å². The van der Waals surface area contributed by atoms with Gasteiger partial charge in [-0.2, -0.15) is 0 Å². The second-order valence-electron chi connectivity index (χ2n) is 3.90. The van der Waals surface area contributed by atoms with E-state index in [2.05, 4.69) is 10.5 Å². The van der Waals surface area contributed by atoms with E-state index in [0.29, 0.717) is 12.5 Å². The van der Waals surface area contributed by atoms with Crippen molar-refractivity contribution in [2.75, 3.05) is 6.54 Å². The highest BCUT2D eigenvalue weighted by molar-refractivity contribution is 5.92. The standard InChI is InChI=1S/C10H17N3O2/c1-6(2)8(4-11)13-10(14)9-7(3)5-12-15-9/h5-6,8H,4,11H2,1-3H3,(H,13,14). The summed E-state index contributed by atoms with van der Waals surface area (Å²) in [5.41, 5.74) is 6.28. The second kappa shape index (κ2) is 4.93. The first kappa shape index (κ1) is 11.7. The predicted octanol–water partition coefficient (Wildman–Crippen LogP) is 0.696. The van der Waals surface area contributed by atoms with E-state index in [1.54, 1.807) is 6.92 Å². The van der Waals surface area contributed by atoms with Gasteiger partial charge < -0.3 is 15.6 Å². The zero-order chi connectivity index (χ0) is 11.4. The van der Waals surface area contributed by atoms with Gasteiger partial charge in [0.1, 0.15) is 0 Å². The molecule has 84 valence electrons. The van der Waals surface area contributed by atoms with Gasteiger partial charge in [0.15, 0.2) is 0 Å². The largest absolute Gasteiger partial charge is 0.351 e. The molecular weight excluding hydrogens is 194 g/mol. The van der Waals surface area contributed by atoms with Crippen LogP contribution in [0.4, 0.5) is 0 Å². The number of hydrogen-bond donors (Lipinski definition) is 2. The number of aryl methyl sites for hydroxylation is 1. The Hall–Kier alpha value is -1.36. The van der Waals surface area contributed by atoms with E-state index < -0.39 is 0 Å². The van der Waals surface area contributed by atoms with Crippen molar-refractivity contribution in [3.05, 3.63) is 17.5 Å². The van der Waals surface area contributed by atoms with Crippen LogP contribution in [-0.4, -0.2) is 23.7 Å². The van der Waals surface area contributed by atoms with Gasteiger partial charge in [-0.15, -0.1) is 0 Å². The molecule has 1 rings (SSSR count). The van der Waals surface area contributed by atoms with Gasteiger partial charge >= 0.3 is 0 Å². The third kappa shape index (κ3) is 2.79. The van der Waals surface area contributed by atoms with Crippen LogP contribution in [0, 0.1) is 12.8 Å². The fourth-order valence-corrected chi connectivity index (χ4v) is 1.24. The summed E-state index contributed by atoms with van der Waals surface area (Å²) >= 11 is 0. The van der Waals surface area contributed by atoms with Crippen molar-refractivity contribution in [2.24, 2.45) is 11.7 Å². The third-order valence-corrected chi connectivity index (χ3v) is 2.33. The number of amides is 1. The molecule has 5 heteroatoms. The van der Waals surface area contributed by atoms with Crippen molar-refractivity contribution in [1.82, 2.24) is 10.5 Å². The first-order valence-electron chi connectivity index (χ1n) is 4.98. The summed E-state index contributed by atoms with van der Waals surface area (Å²) in [6.07, 6.45) is 1.52. The van der Waals surface area contributed by atoms with Crippen molar-refractivity contribution >= 4 is 5.91 Å². The Morgan fingerprint density at radius 3 is 2.73 bits per heavy atom. The molecule has 0 saturated carbocycles. The molecule has 15 heavy (non-hydrogen) atoms. The predicted molar refractivity (Wildman–Crippen MR) is 56.4 cm³/mol. The molecule has 0 aliphatic rings. The Kier molecular flexibility index (Phi) is 3.85. The lowest BCUT2D eigenvalue weighted by molar-refractivity contribution is 0.0889. The average Bonchev–Trinajstić information content (AvgIpc) is 2.60. The van der Waals surface area contributed by atoms with Crippen molar-refractivity contribution in [1.29, 1.82) is 0 Å². The van der Waals surface area contributed by atoms with Crippen LogP contribution in [-0.2, 0) is 0 Å². The van der Waals surface area contributed by atoms with Gasteiger partial charge in [-0.3, -0.25) is 4.79 Å². The Balaban J connectivity index is 2.67. The van der Waals surface area contributed by atoms with Crippen LogP contribution in [0.25, 0.3) is 0 Å². The molecule has 1 atom stereocenters. The van der Waals surface area contributed by atoms with Gasteiger partial charge in [-0.1, -0.05) is 19.0 Å². The number of nitrogens with zero attached hydrogens (tertiary/aromatic N) is 1. The summed E-state index contributed by atoms with van der Waals surface area (Å²) in [6, 6.07) is -0.0398. The molecule has 1 heterocycles. The number of nitrogens with one attached hydrogen (secondary N) is 1. The highest BCUT2D eigenvalue weighted by atomic mass is 16.5. The highest BCUT2D eigenvalue weighted by Gasteiger charge is 2.19. The van der Waals surface area contributed by atoms with Crippen LogP contribution < -0.4 is 11.1 Å². The molecule has 1 unspecified atom stereocenters. The van der Waals surface area contributed by atoms with E-state index in [4.69, 9.17) is 10.3 Å². The molecule has 1 aromatic heterocycles. The maximum Gasteiger partial charge on any atom is 0.290 e. The Bertz CT molecular complexity index is 333. The van der Waals surface area contributed by atoms with Crippen molar-refractivity contribution in [3.8, 4) is 0 Å². The van der Waals surface area contributed by atoms with E-state index >= 15 is 0 Å². The topological polar surface area (TPSA) is 81.2 Å². The normalized spacial score (nSPS) is 12.9. The molecule has 0 fully saturated rings. The molecule has 0 spiro atoms. The number of carbonyl (C=O) groups is 1. The first-order chi connectivity index (χ1) is 7.06. The molecule has 0 radical (unpaired) electrons. The number of rotatable bonds is 4. The summed E-state index contributed by atoms with van der Waals surface area (Å²) in [5, 5.41) is 6.37. The van der Waals surface area contributed by atoms with Crippen molar-refractivity contribution in [2.45, 2.75) is 26.8 Å². The molecular formula is C10H17N3O2. The minimum absolute atomic E-state index is 0.0398. The van der Waals surface area contributed by atoms with E-state index in [1.165, 1.54) is 6.20 Å². The Morgan fingerprint density at radius 2 is 2.33 bits per heavy atom. The quantitative estimate of drug-likeness (QED) is 0.768. The first-order valence-corrected chi connectivity index (χ1v) is 4.98. The molecule has 3 N–H and O–H groups in total. The fourth-order valence-electron chi connectivity index (χ4n) is 1.24. The molecule has 0 saturated heterocycles. The van der Waals surface area contributed by atoms with Gasteiger partial charge in [-0.25, -0.2) is 0 Å². The monoisotopic (exact) mass is 211 g/mol. The molecule has 0 aliphatic heterocycles. The van der Waals surface area contributed by atoms with Gasteiger partial charge in [0.05, 0.1) is 6.20 Å². The number of hydrogen-bond acceptors (Lipinski definition) is 4. The van der Waals surface area contributed by atoms with Crippen LogP contribution in [0.2, 0.25) is 0 Å². The van der Waals surface area contributed by atoms with Crippen LogP contribution in [0.1, 0.15) is 30.0 Å². The maximum atomic E-state index is 11.7. The van der Waals surface area contributed by atoms with E-state index in [9.17, 15) is 4.79 Å². The lowest BCUT2D eigenvalue weighted by Crippen LogP contribution is -2.43. The fraction of sp³-hybridized carbons (Fsp3) is 0.600. The third-order valence-electron chi connectivity index (χ3n) is 2.33. The minimum atomic E-state index is -0.255. The van der Waals surface area contributed by atoms with Gasteiger partial charge in [0.2, 0.25) is 5.76 Å². The van der Waals surface area contributed by atoms with Crippen LogP contribution in [0.15, 0.2) is 10.7 Å². The molecule has 0 bridgehead atoms. The van der Waals surface area contributed by atoms with Crippen LogP contribution in [0.3, 0.4) is 0 Å². The summed E-state index contributed by atoms with van der Waals surface area (Å²) in [4.78, 5) is 11.7. The zero-order valence-electron chi connectivity index (χ0n) is 9.28. The van der Waals surface area contributed by atoms with Crippen molar-refractivity contribution < 1.29 is 9.32 Å². The van der Waals surface area contributed by atoms with Crippen molar-refractivity contribution in [3.63, 3.8) is 0 Å². The zero-order valence-corrected chi connectivity index (χ0v) is 9.28. The Labute approximate surface area is 89.0 Å². The number of carbonyl (C=O) groups excluding carboxylic acids is 1. The van der Waals surface area contributed by atoms with Crippen LogP contribution >= 0.6 is 0 Å². The maximum absolute atomic E-state index is 11.7. The highest BCUT2D eigenvalue weighted by Crippen LogP contribution is 2.07. The average molecular weight is 211 g/mol. The Morgan fingerprint density at radius 1 is 1.67 bits per heavy atom. The van der Waals surface area contributed by atoms with Crippen LogP contribution in [0.5, 0.6) is 0 Å². The molecule has 0 aromatic carbocycles. The van der Waals surface area contributed by atoms with E-state index in [0.717, 1.165) is 5.56 Å². The lowest BCUT2D eigenvalue weighted by Gasteiger charge is -2.19. The summed E-state index contributed by atoms with van der Waals surface area (Å²) in [7, 11) is 0. The SMILES string of the molecule is Cc1cnoc1C(=O)NC(CN)C(C)C. The second-order valence-corrected chi connectivity index (χ2v) is 3.90. The summed E-state index contributed by atoms with van der Waals surface area (Å²) in [6.45, 7) is 6.20. The molecule has 5 nitrogen and oxygen atoms in total. The molecule has 1 aromatic rings. The van der Waals surface area contributed by atoms with E-state index in [1.807, 2.05) is 13.8 Å². The summed E-state index contributed by atoms with van der Waals surface area (Å²) < 4.78 is 4.85. The minimum Gasteiger partial charge on any atom is -0.351 e. The van der Waals surface area contributed by atoms with Gasteiger partial charge in [0.25, 0.3) is 5.91 Å². The lowest BCUT2D eigenvalue weighted by atomic mass is 10.0. The number of aromatic nitrogens is 1.